The lowest BCUT2D eigenvalue weighted by Crippen LogP contribution is -2.23. The van der Waals surface area contributed by atoms with Crippen LogP contribution >= 0.6 is 11.3 Å². The van der Waals surface area contributed by atoms with Crippen LogP contribution in [0.3, 0.4) is 0 Å². The maximum atomic E-state index is 12.0. The molecule has 21 heavy (non-hydrogen) atoms. The molecule has 9 heteroatoms. The second kappa shape index (κ2) is 6.20. The summed E-state index contributed by atoms with van der Waals surface area (Å²) in [4.78, 5) is 23.8. The lowest BCUT2D eigenvalue weighted by molar-refractivity contribution is -0.136. The Bertz CT molecular complexity index is 790. The number of hydrogen-bond donors (Lipinski definition) is 3. The fourth-order valence-electron chi connectivity index (χ4n) is 1.62. The highest BCUT2D eigenvalue weighted by molar-refractivity contribution is 7.89. The first kappa shape index (κ1) is 15.4. The van der Waals surface area contributed by atoms with Crippen molar-refractivity contribution in [2.75, 3.05) is 0 Å². The van der Waals surface area contributed by atoms with Crippen LogP contribution in [0, 0.1) is 0 Å². The van der Waals surface area contributed by atoms with E-state index in [0.29, 0.717) is 11.3 Å². The zero-order chi connectivity index (χ0) is 15.5. The van der Waals surface area contributed by atoms with Crippen LogP contribution in [0.25, 0.3) is 0 Å². The predicted octanol–water partition coefficient (Wildman–Crippen LogP) is 0.542. The Hall–Kier alpha value is -1.97. The van der Waals surface area contributed by atoms with Gasteiger partial charge in [-0.1, -0.05) is 23.5 Å². The van der Waals surface area contributed by atoms with Crippen molar-refractivity contribution in [1.82, 2.24) is 9.71 Å². The van der Waals surface area contributed by atoms with E-state index in [2.05, 4.69) is 9.71 Å². The van der Waals surface area contributed by atoms with Gasteiger partial charge in [-0.3, -0.25) is 9.59 Å². The summed E-state index contributed by atoms with van der Waals surface area (Å²) in [5, 5.41) is 10.2. The minimum Gasteiger partial charge on any atom is -0.481 e. The fraction of sp³-hybridized carbons (Fsp3) is 0.167. The number of aromatic nitrogens is 1. The molecule has 3 N–H and O–H groups in total. The van der Waals surface area contributed by atoms with Gasteiger partial charge in [-0.05, 0) is 17.7 Å². The third kappa shape index (κ3) is 4.25. The number of hydrogen-bond acceptors (Lipinski definition) is 5. The molecule has 7 nitrogen and oxygen atoms in total. The Kier molecular flexibility index (Phi) is 4.56. The van der Waals surface area contributed by atoms with E-state index in [1.165, 1.54) is 24.3 Å². The van der Waals surface area contributed by atoms with Gasteiger partial charge in [0, 0.05) is 11.1 Å². The minimum absolute atomic E-state index is 0.0159. The molecule has 1 aromatic heterocycles. The molecule has 0 saturated heterocycles. The normalized spacial score (nSPS) is 11.4. The van der Waals surface area contributed by atoms with Crippen molar-refractivity contribution in [3.63, 3.8) is 0 Å². The largest absolute Gasteiger partial charge is 0.481 e. The van der Waals surface area contributed by atoms with Gasteiger partial charge >= 0.3 is 10.8 Å². The Labute approximate surface area is 124 Å². The first-order valence-corrected chi connectivity index (χ1v) is 8.20. The van der Waals surface area contributed by atoms with Gasteiger partial charge < -0.3 is 10.1 Å². The number of thiazole rings is 1. The molecule has 0 bridgehead atoms. The van der Waals surface area contributed by atoms with Gasteiger partial charge in [0.15, 0.2) is 0 Å². The van der Waals surface area contributed by atoms with Crippen molar-refractivity contribution >= 4 is 27.3 Å². The molecule has 0 aliphatic rings. The van der Waals surface area contributed by atoms with Crippen molar-refractivity contribution in [1.29, 1.82) is 0 Å². The number of sulfonamides is 1. The maximum Gasteiger partial charge on any atom is 0.307 e. The van der Waals surface area contributed by atoms with Gasteiger partial charge in [-0.2, -0.15) is 0 Å². The molecule has 1 aromatic carbocycles. The van der Waals surface area contributed by atoms with Crippen molar-refractivity contribution in [2.45, 2.75) is 17.9 Å². The van der Waals surface area contributed by atoms with Crippen LogP contribution in [-0.4, -0.2) is 24.5 Å². The van der Waals surface area contributed by atoms with Crippen LogP contribution < -0.4 is 9.60 Å². The molecule has 0 spiro atoms. The summed E-state index contributed by atoms with van der Waals surface area (Å²) in [5.74, 6) is -0.981. The van der Waals surface area contributed by atoms with Crippen molar-refractivity contribution in [3.8, 4) is 0 Å². The van der Waals surface area contributed by atoms with E-state index in [-0.39, 0.29) is 22.7 Å². The van der Waals surface area contributed by atoms with E-state index in [9.17, 15) is 18.0 Å². The third-order valence-electron chi connectivity index (χ3n) is 2.61. The van der Waals surface area contributed by atoms with Gasteiger partial charge in [0.2, 0.25) is 10.0 Å². The van der Waals surface area contributed by atoms with E-state index in [0.717, 1.165) is 11.3 Å². The number of rotatable bonds is 6. The van der Waals surface area contributed by atoms with Crippen LogP contribution in [0.15, 0.2) is 39.3 Å². The molecule has 0 saturated carbocycles. The van der Waals surface area contributed by atoms with Crippen molar-refractivity contribution in [2.24, 2.45) is 0 Å². The first-order chi connectivity index (χ1) is 9.87. The standard InChI is InChI=1S/C12H12N2O5S2/c15-11(16)5-8-1-3-10(4-2-8)21(18,19)13-6-9-7-20-12(17)14-9/h1-4,7,13H,5-6H2,(H,14,17)(H,15,16). The number of benzene rings is 1. The summed E-state index contributed by atoms with van der Waals surface area (Å²) in [5.41, 5.74) is 1.000. The van der Waals surface area contributed by atoms with E-state index in [1.807, 2.05) is 0 Å². The second-order valence-corrected chi connectivity index (χ2v) is 6.82. The number of aromatic amines is 1. The number of carboxylic acid groups (broad SMARTS) is 1. The van der Waals surface area contributed by atoms with Crippen LogP contribution in [0.2, 0.25) is 0 Å². The predicted molar refractivity (Wildman–Crippen MR) is 76.7 cm³/mol. The average molecular weight is 328 g/mol. The molecular weight excluding hydrogens is 316 g/mol. The lowest BCUT2D eigenvalue weighted by atomic mass is 10.2. The summed E-state index contributed by atoms with van der Waals surface area (Å²) >= 11 is 0.957. The Morgan fingerprint density at radius 2 is 1.95 bits per heavy atom. The Morgan fingerprint density at radius 1 is 1.29 bits per heavy atom. The summed E-state index contributed by atoms with van der Waals surface area (Å²) in [7, 11) is -3.71. The average Bonchev–Trinajstić information content (AvgIpc) is 2.82. The quantitative estimate of drug-likeness (QED) is 0.716. The summed E-state index contributed by atoms with van der Waals surface area (Å²) in [6.45, 7) is -0.0159. The fourth-order valence-corrected chi connectivity index (χ4v) is 3.21. The topological polar surface area (TPSA) is 116 Å². The molecule has 2 aromatic rings. The Balaban J connectivity index is 2.08. The third-order valence-corrected chi connectivity index (χ3v) is 4.75. The van der Waals surface area contributed by atoms with Crippen LogP contribution in [0.5, 0.6) is 0 Å². The molecule has 0 amide bonds. The smallest absolute Gasteiger partial charge is 0.307 e. The molecule has 0 aliphatic heterocycles. The highest BCUT2D eigenvalue weighted by atomic mass is 32.2. The van der Waals surface area contributed by atoms with Gasteiger partial charge in [-0.15, -0.1) is 0 Å². The molecule has 2 rings (SSSR count). The number of carbonyl (C=O) groups is 1. The monoisotopic (exact) mass is 328 g/mol. The van der Waals surface area contributed by atoms with E-state index < -0.39 is 16.0 Å². The van der Waals surface area contributed by atoms with Crippen molar-refractivity contribution < 1.29 is 18.3 Å². The highest BCUT2D eigenvalue weighted by Gasteiger charge is 2.14. The number of H-pyrrole nitrogens is 1. The number of carboxylic acids is 1. The zero-order valence-electron chi connectivity index (χ0n) is 10.7. The molecule has 0 radical (unpaired) electrons. The van der Waals surface area contributed by atoms with E-state index >= 15 is 0 Å². The molecule has 0 aliphatic carbocycles. The molecule has 0 unspecified atom stereocenters. The van der Waals surface area contributed by atoms with Gasteiger partial charge in [0.05, 0.1) is 17.9 Å². The SMILES string of the molecule is O=C(O)Cc1ccc(S(=O)(=O)NCc2csc(=O)[nH]2)cc1. The van der Waals surface area contributed by atoms with Gasteiger partial charge in [0.1, 0.15) is 0 Å². The maximum absolute atomic E-state index is 12.0. The van der Waals surface area contributed by atoms with E-state index in [1.54, 1.807) is 5.38 Å². The first-order valence-electron chi connectivity index (χ1n) is 5.84. The van der Waals surface area contributed by atoms with E-state index in [4.69, 9.17) is 5.11 Å². The van der Waals surface area contributed by atoms with Crippen LogP contribution in [0.4, 0.5) is 0 Å². The molecule has 0 atom stereocenters. The second-order valence-electron chi connectivity index (χ2n) is 4.21. The highest BCUT2D eigenvalue weighted by Crippen LogP contribution is 2.11. The van der Waals surface area contributed by atoms with Gasteiger partial charge in [-0.25, -0.2) is 13.1 Å². The minimum atomic E-state index is -3.71. The molecule has 1 heterocycles. The number of nitrogens with one attached hydrogen (secondary N) is 2. The summed E-state index contributed by atoms with van der Waals surface area (Å²) < 4.78 is 26.4. The number of aliphatic carboxylic acids is 1. The molecule has 112 valence electrons. The van der Waals surface area contributed by atoms with Crippen LogP contribution in [-0.2, 0) is 27.8 Å². The molecule has 0 fully saturated rings. The lowest BCUT2D eigenvalue weighted by Gasteiger charge is -2.06. The van der Waals surface area contributed by atoms with Gasteiger partial charge in [0.25, 0.3) is 0 Å². The zero-order valence-corrected chi connectivity index (χ0v) is 12.3. The summed E-state index contributed by atoms with van der Waals surface area (Å²) in [6, 6.07) is 5.60. The van der Waals surface area contributed by atoms with Crippen molar-refractivity contribution in [3.05, 3.63) is 50.6 Å². The Morgan fingerprint density at radius 3 is 2.48 bits per heavy atom. The molecular formula is C12H12N2O5S2. The van der Waals surface area contributed by atoms with Crippen LogP contribution in [0.1, 0.15) is 11.3 Å². The summed E-state index contributed by atoms with van der Waals surface area (Å²) in [6.07, 6.45) is -0.163.